The molecule has 0 unspecified atom stereocenters. The number of carbonyl (C=O) groups excluding carboxylic acids is 2. The molecule has 4 saturated carbocycles. The van der Waals surface area contributed by atoms with E-state index in [0.29, 0.717) is 29.5 Å². The third-order valence-electron chi connectivity index (χ3n) is 12.9. The second kappa shape index (κ2) is 15.0. The lowest BCUT2D eigenvalue weighted by Crippen LogP contribution is -2.49. The number of fused-ring (bicyclic) bond motifs is 1. The molecule has 3 N–H and O–H groups in total. The summed E-state index contributed by atoms with van der Waals surface area (Å²) in [5.41, 5.74) is 5.63. The molecule has 5 fully saturated rings. The third kappa shape index (κ3) is 7.56. The molecule has 0 spiro atoms. The van der Waals surface area contributed by atoms with Crippen LogP contribution in [0.1, 0.15) is 98.4 Å². The Kier molecular flexibility index (Phi) is 10.1. The van der Waals surface area contributed by atoms with Crippen LogP contribution in [0.2, 0.25) is 0 Å². The van der Waals surface area contributed by atoms with Gasteiger partial charge in [-0.25, -0.2) is 4.98 Å². The predicted octanol–water partition coefficient (Wildman–Crippen LogP) is 6.15. The molecule has 0 radical (unpaired) electrons. The summed E-state index contributed by atoms with van der Waals surface area (Å²) in [6.07, 6.45) is 13.9. The van der Waals surface area contributed by atoms with Gasteiger partial charge in [-0.05, 0) is 137 Å². The first-order chi connectivity index (χ1) is 26.0. The highest BCUT2D eigenvalue weighted by Crippen LogP contribution is 2.61. The minimum atomic E-state index is -0.260. The van der Waals surface area contributed by atoms with Gasteiger partial charge in [0.25, 0.3) is 11.5 Å². The molecule has 54 heavy (non-hydrogen) atoms. The lowest BCUT2D eigenvalue weighted by molar-refractivity contribution is -0.123. The van der Waals surface area contributed by atoms with Crippen LogP contribution >= 0.6 is 0 Å². The van der Waals surface area contributed by atoms with Gasteiger partial charge in [0.1, 0.15) is 5.82 Å². The summed E-state index contributed by atoms with van der Waals surface area (Å²) in [5, 5.41) is 11.6. The van der Waals surface area contributed by atoms with Crippen LogP contribution in [0.15, 0.2) is 47.5 Å². The van der Waals surface area contributed by atoms with Crippen LogP contribution in [0.3, 0.4) is 0 Å². The number of nitrogens with one attached hydrogen (secondary N) is 3. The van der Waals surface area contributed by atoms with E-state index in [0.717, 1.165) is 96.0 Å². The highest BCUT2D eigenvalue weighted by Gasteiger charge is 2.50. The number of hydrogen-bond donors (Lipinski definition) is 3. The van der Waals surface area contributed by atoms with E-state index in [9.17, 15) is 14.4 Å². The number of aryl methyl sites for hydroxylation is 2. The van der Waals surface area contributed by atoms with Crippen LogP contribution in [0, 0.1) is 37.0 Å². The van der Waals surface area contributed by atoms with Gasteiger partial charge in [-0.15, -0.1) is 0 Å². The maximum atomic E-state index is 13.7. The zero-order valence-electron chi connectivity index (χ0n) is 32.4. The zero-order valence-corrected chi connectivity index (χ0v) is 32.4. The van der Waals surface area contributed by atoms with Crippen molar-refractivity contribution in [1.29, 1.82) is 0 Å². The van der Waals surface area contributed by atoms with E-state index in [1.807, 2.05) is 36.9 Å². The molecular formula is C43H56N8O3. The van der Waals surface area contributed by atoms with Crippen LogP contribution in [-0.4, -0.2) is 75.7 Å². The highest BCUT2D eigenvalue weighted by atomic mass is 16.2. The molecule has 4 bridgehead atoms. The number of amides is 2. The fourth-order valence-corrected chi connectivity index (χ4v) is 10.6. The number of anilines is 1. The molecule has 1 aliphatic heterocycles. The molecular weight excluding hydrogens is 677 g/mol. The van der Waals surface area contributed by atoms with Gasteiger partial charge in [0.05, 0.1) is 17.3 Å². The summed E-state index contributed by atoms with van der Waals surface area (Å²) < 4.78 is 1.93. The maximum absolute atomic E-state index is 13.7. The molecule has 5 aliphatic rings. The zero-order chi connectivity index (χ0) is 37.6. The van der Waals surface area contributed by atoms with Crippen molar-refractivity contribution in [3.05, 3.63) is 75.5 Å². The van der Waals surface area contributed by atoms with Gasteiger partial charge in [-0.3, -0.25) is 24.0 Å². The molecule has 9 rings (SSSR count). The van der Waals surface area contributed by atoms with Crippen molar-refractivity contribution in [1.82, 2.24) is 35.3 Å². The minimum Gasteiger partial charge on any atom is -0.355 e. The Bertz CT molecular complexity index is 2040. The van der Waals surface area contributed by atoms with Crippen molar-refractivity contribution in [3.8, 4) is 11.1 Å². The Morgan fingerprint density at radius 2 is 1.65 bits per heavy atom. The number of hydrogen-bond acceptors (Lipinski definition) is 7. The highest BCUT2D eigenvalue weighted by molar-refractivity contribution is 6.08. The molecule has 1 saturated heterocycles. The lowest BCUT2D eigenvalue weighted by Gasteiger charge is -2.57. The molecule has 286 valence electrons. The van der Waals surface area contributed by atoms with Crippen molar-refractivity contribution in [3.63, 3.8) is 0 Å². The molecule has 4 heterocycles. The standard InChI is InChI=1S/C43H56N8O3/c1-27(2)51-38-20-34(19-35(37(38)26-47-51)41(53)46-25-36-28(3)15-29(4)48-42(36)54)33-5-6-39(45-24-33)50-13-11-49(12-14-50)10-9-44-40(52)7-8-43-21-30-16-31(22-43)18-32(17-30)23-43/h5-6,15,19-20,24,26-27,30-32H,7-14,16-18,21-23,25H2,1-4H3,(H,44,52)(H,46,53)(H,48,54). The molecule has 11 nitrogen and oxygen atoms in total. The summed E-state index contributed by atoms with van der Waals surface area (Å²) in [5.74, 6) is 3.70. The van der Waals surface area contributed by atoms with Crippen LogP contribution < -0.4 is 21.1 Å². The molecule has 1 aromatic carbocycles. The van der Waals surface area contributed by atoms with E-state index >= 15 is 0 Å². The Labute approximate surface area is 318 Å². The van der Waals surface area contributed by atoms with Crippen molar-refractivity contribution in [2.75, 3.05) is 44.2 Å². The second-order valence-electron chi connectivity index (χ2n) is 17.3. The van der Waals surface area contributed by atoms with E-state index in [2.05, 4.69) is 62.6 Å². The predicted molar refractivity (Wildman–Crippen MR) is 213 cm³/mol. The minimum absolute atomic E-state index is 0.106. The van der Waals surface area contributed by atoms with Gasteiger partial charge < -0.3 is 20.5 Å². The smallest absolute Gasteiger partial charge is 0.253 e. The van der Waals surface area contributed by atoms with Crippen LogP contribution in [0.25, 0.3) is 22.0 Å². The summed E-state index contributed by atoms with van der Waals surface area (Å²) in [6.45, 7) is 13.2. The van der Waals surface area contributed by atoms with Gasteiger partial charge in [0, 0.05) is 86.7 Å². The number of benzene rings is 1. The van der Waals surface area contributed by atoms with E-state index in [4.69, 9.17) is 4.98 Å². The Hall–Kier alpha value is -4.51. The summed E-state index contributed by atoms with van der Waals surface area (Å²) in [6, 6.07) is 10.1. The van der Waals surface area contributed by atoms with Crippen molar-refractivity contribution >= 4 is 28.5 Å². The van der Waals surface area contributed by atoms with Crippen LogP contribution in [-0.2, 0) is 11.3 Å². The quantitative estimate of drug-likeness (QED) is 0.160. The largest absolute Gasteiger partial charge is 0.355 e. The Balaban J connectivity index is 0.859. The summed E-state index contributed by atoms with van der Waals surface area (Å²) in [7, 11) is 0. The number of pyridine rings is 2. The molecule has 3 aromatic heterocycles. The van der Waals surface area contributed by atoms with Gasteiger partial charge in [-0.1, -0.05) is 0 Å². The monoisotopic (exact) mass is 732 g/mol. The van der Waals surface area contributed by atoms with E-state index in [1.165, 1.54) is 38.5 Å². The fraction of sp³-hybridized carbons (Fsp3) is 0.558. The van der Waals surface area contributed by atoms with E-state index in [1.54, 1.807) is 6.20 Å². The normalized spacial score (nSPS) is 23.7. The summed E-state index contributed by atoms with van der Waals surface area (Å²) >= 11 is 0. The fourth-order valence-electron chi connectivity index (χ4n) is 10.6. The van der Waals surface area contributed by atoms with Crippen molar-refractivity contribution in [2.45, 2.75) is 91.6 Å². The number of piperazine rings is 1. The maximum Gasteiger partial charge on any atom is 0.253 e. The SMILES string of the molecule is Cc1cc(C)c(CNC(=O)c2cc(-c3ccc(N4CCN(CCNC(=O)CCC56CC7CC(CC(C7)C5)C6)CC4)nc3)cc3c2cnn3C(C)C)c(=O)[nH]1. The van der Waals surface area contributed by atoms with Gasteiger partial charge in [-0.2, -0.15) is 5.10 Å². The number of H-pyrrole nitrogens is 1. The van der Waals surface area contributed by atoms with Gasteiger partial charge in [0.2, 0.25) is 5.91 Å². The van der Waals surface area contributed by atoms with Gasteiger partial charge in [0.15, 0.2) is 0 Å². The number of rotatable bonds is 12. The number of carbonyl (C=O) groups is 2. The average Bonchev–Trinajstić information content (AvgIpc) is 3.58. The Morgan fingerprint density at radius 3 is 2.30 bits per heavy atom. The molecule has 2 amide bonds. The van der Waals surface area contributed by atoms with E-state index < -0.39 is 0 Å². The van der Waals surface area contributed by atoms with Crippen LogP contribution in [0.5, 0.6) is 0 Å². The topological polar surface area (TPSA) is 128 Å². The first kappa shape index (κ1) is 36.5. The van der Waals surface area contributed by atoms with Crippen LogP contribution in [0.4, 0.5) is 5.82 Å². The molecule has 4 aliphatic carbocycles. The number of nitrogens with zero attached hydrogens (tertiary/aromatic N) is 5. The van der Waals surface area contributed by atoms with Gasteiger partial charge >= 0.3 is 0 Å². The average molecular weight is 733 g/mol. The van der Waals surface area contributed by atoms with E-state index in [-0.39, 0.29) is 30.0 Å². The number of aromatic nitrogens is 4. The first-order valence-corrected chi connectivity index (χ1v) is 20.2. The van der Waals surface area contributed by atoms with Crippen molar-refractivity contribution in [2.24, 2.45) is 23.2 Å². The summed E-state index contributed by atoms with van der Waals surface area (Å²) in [4.78, 5) is 51.6. The third-order valence-corrected chi connectivity index (χ3v) is 12.9. The first-order valence-electron chi connectivity index (χ1n) is 20.2. The molecule has 4 aromatic rings. The lowest BCUT2D eigenvalue weighted by atomic mass is 9.48. The number of aromatic amines is 1. The molecule has 11 heteroatoms. The molecule has 0 atom stereocenters. The second-order valence-corrected chi connectivity index (χ2v) is 17.3. The Morgan fingerprint density at radius 1 is 0.926 bits per heavy atom. The van der Waals surface area contributed by atoms with Crippen molar-refractivity contribution < 1.29 is 9.59 Å².